The van der Waals surface area contributed by atoms with E-state index < -0.39 is 17.8 Å². The zero-order valence-corrected chi connectivity index (χ0v) is 24.2. The largest absolute Gasteiger partial charge is 0.482 e. The Balaban J connectivity index is 1.18. The van der Waals surface area contributed by atoms with E-state index in [1.807, 2.05) is 4.90 Å². The Labute approximate surface area is 248 Å². The Morgan fingerprint density at radius 1 is 1.05 bits per heavy atom. The molecule has 3 aliphatic heterocycles. The van der Waals surface area contributed by atoms with E-state index in [1.54, 1.807) is 31.2 Å². The van der Waals surface area contributed by atoms with E-state index >= 15 is 0 Å². The Morgan fingerprint density at radius 3 is 2.41 bits per heavy atom. The van der Waals surface area contributed by atoms with Crippen LogP contribution in [0.3, 0.4) is 0 Å². The molecule has 2 aromatic rings. The van der Waals surface area contributed by atoms with Crippen LogP contribution in [0, 0.1) is 5.82 Å². The molecule has 5 N–H and O–H groups in total. The number of halogens is 3. The van der Waals surface area contributed by atoms with Gasteiger partial charge in [0.2, 0.25) is 0 Å². The highest BCUT2D eigenvalue weighted by atomic mass is 35.5. The lowest BCUT2D eigenvalue weighted by Gasteiger charge is -2.36. The number of hydrogen-bond donors (Lipinski definition) is 4. The molecule has 2 aromatic carbocycles. The average Bonchev–Trinajstić information content (AvgIpc) is 3.52. The zero-order valence-electron chi connectivity index (χ0n) is 22.7. The molecule has 12 heteroatoms. The molecule has 0 bridgehead atoms. The van der Waals surface area contributed by atoms with Crippen LogP contribution >= 0.6 is 23.2 Å². The number of carbonyl (C=O) groups excluding carboxylic acids is 2. The van der Waals surface area contributed by atoms with Crippen molar-refractivity contribution >= 4 is 40.7 Å². The van der Waals surface area contributed by atoms with E-state index in [2.05, 4.69) is 21.1 Å². The number of nitrogens with two attached hydrogens (primary N) is 1. The highest BCUT2D eigenvalue weighted by molar-refractivity contribution is 6.36. The number of nitrogens with one attached hydrogen (secondary N) is 3. The first-order chi connectivity index (χ1) is 19.7. The van der Waals surface area contributed by atoms with Gasteiger partial charge in [0, 0.05) is 47.0 Å². The van der Waals surface area contributed by atoms with Gasteiger partial charge >= 0.3 is 0 Å². The first-order valence-corrected chi connectivity index (χ1v) is 14.4. The number of allylic oxidation sites excluding steroid dienone is 1. The molecule has 0 radical (unpaired) electrons. The monoisotopic (exact) mass is 602 g/mol. The number of hydrazine groups is 1. The minimum absolute atomic E-state index is 0.00127. The average molecular weight is 604 g/mol. The molecule has 218 valence electrons. The molecule has 0 aliphatic carbocycles. The lowest BCUT2D eigenvalue weighted by Crippen LogP contribution is -2.45. The number of amides is 2. The fraction of sp³-hybridized carbons (Fsp3) is 0.379. The van der Waals surface area contributed by atoms with Crippen LogP contribution in [0.4, 0.5) is 10.1 Å². The minimum atomic E-state index is -0.768. The maximum absolute atomic E-state index is 14.0. The molecule has 0 aromatic heterocycles. The van der Waals surface area contributed by atoms with Crippen LogP contribution in [0.15, 0.2) is 59.8 Å². The van der Waals surface area contributed by atoms with E-state index in [0.29, 0.717) is 17.3 Å². The van der Waals surface area contributed by atoms with Crippen LogP contribution in [0.5, 0.6) is 0 Å². The van der Waals surface area contributed by atoms with Crippen molar-refractivity contribution in [3.8, 4) is 0 Å². The van der Waals surface area contributed by atoms with Crippen molar-refractivity contribution in [1.29, 1.82) is 0 Å². The molecule has 9 nitrogen and oxygen atoms in total. The van der Waals surface area contributed by atoms with Crippen molar-refractivity contribution in [3.63, 3.8) is 0 Å². The molecular weight excluding hydrogens is 570 g/mol. The third kappa shape index (κ3) is 6.55. The summed E-state index contributed by atoms with van der Waals surface area (Å²) >= 11 is 12.3. The molecule has 2 saturated heterocycles. The number of piperidine rings is 1. The van der Waals surface area contributed by atoms with Gasteiger partial charge in [-0.2, -0.15) is 0 Å². The van der Waals surface area contributed by atoms with Crippen molar-refractivity contribution in [2.24, 2.45) is 5.73 Å². The smallest absolute Gasteiger partial charge is 0.273 e. The van der Waals surface area contributed by atoms with E-state index in [-0.39, 0.29) is 38.8 Å². The Morgan fingerprint density at radius 2 is 1.73 bits per heavy atom. The summed E-state index contributed by atoms with van der Waals surface area (Å²) in [5, 5.41) is 2.87. The summed E-state index contributed by atoms with van der Waals surface area (Å²) in [6, 6.07) is 9.95. The van der Waals surface area contributed by atoms with Gasteiger partial charge in [0.25, 0.3) is 11.8 Å². The van der Waals surface area contributed by atoms with E-state index in [9.17, 15) is 14.0 Å². The van der Waals surface area contributed by atoms with Gasteiger partial charge in [-0.05, 0) is 82.1 Å². The van der Waals surface area contributed by atoms with Gasteiger partial charge in [-0.25, -0.2) is 4.39 Å². The molecule has 3 heterocycles. The third-order valence-electron chi connectivity index (χ3n) is 7.71. The summed E-state index contributed by atoms with van der Waals surface area (Å²) in [6.45, 7) is 5.49. The summed E-state index contributed by atoms with van der Waals surface area (Å²) in [5.41, 5.74) is 12.9. The Kier molecular flexibility index (Phi) is 8.91. The quantitative estimate of drug-likeness (QED) is 0.341. The van der Waals surface area contributed by atoms with Gasteiger partial charge in [0.1, 0.15) is 17.6 Å². The number of nitrogens with zero attached hydrogens (tertiary/aromatic N) is 2. The minimum Gasteiger partial charge on any atom is -0.482 e. The summed E-state index contributed by atoms with van der Waals surface area (Å²) in [4.78, 5) is 30.5. The first kappa shape index (κ1) is 29.0. The maximum Gasteiger partial charge on any atom is 0.273 e. The van der Waals surface area contributed by atoms with Crippen molar-refractivity contribution in [2.45, 2.75) is 44.8 Å². The zero-order chi connectivity index (χ0) is 29.1. The molecule has 0 saturated carbocycles. The fourth-order valence-corrected chi connectivity index (χ4v) is 6.12. The predicted octanol–water partition coefficient (Wildman–Crippen LogP) is 4.67. The van der Waals surface area contributed by atoms with Crippen LogP contribution in [0.25, 0.3) is 0 Å². The lowest BCUT2D eigenvalue weighted by molar-refractivity contribution is -0.113. The molecule has 3 aliphatic rings. The van der Waals surface area contributed by atoms with Crippen molar-refractivity contribution in [3.05, 3.63) is 86.7 Å². The first-order valence-electron chi connectivity index (χ1n) is 13.7. The van der Waals surface area contributed by atoms with Crippen molar-refractivity contribution in [1.82, 2.24) is 20.7 Å². The van der Waals surface area contributed by atoms with Crippen molar-refractivity contribution in [2.75, 3.05) is 31.5 Å². The normalized spacial score (nSPS) is 18.8. The highest BCUT2D eigenvalue weighted by Gasteiger charge is 2.29. The second-order valence-electron chi connectivity index (χ2n) is 10.4. The second-order valence-corrected chi connectivity index (χ2v) is 11.2. The second kappa shape index (κ2) is 12.6. The molecule has 2 amide bonds. The van der Waals surface area contributed by atoms with E-state index in [1.165, 1.54) is 44.1 Å². The van der Waals surface area contributed by atoms with Crippen LogP contribution in [-0.4, -0.2) is 53.8 Å². The molecular formula is C29H33Cl2FN6O3. The number of hydrogen-bond acceptors (Lipinski definition) is 7. The van der Waals surface area contributed by atoms with E-state index in [4.69, 9.17) is 33.7 Å². The SMILES string of the molecule is CC(OC1=C(N)NNC(C(=O)Nc2ccc(C(=O)N3CCC(N4CCCC4)CC3)cc2)=C1)c1c(Cl)ccc(F)c1Cl. The summed E-state index contributed by atoms with van der Waals surface area (Å²) in [5.74, 6) is -0.837. The topological polar surface area (TPSA) is 112 Å². The molecule has 5 rings (SSSR count). The molecule has 41 heavy (non-hydrogen) atoms. The van der Waals surface area contributed by atoms with Gasteiger partial charge in [-0.1, -0.05) is 23.2 Å². The Hall–Kier alpha value is -3.47. The standard InChI is InChI=1S/C29H33Cl2FN6O3/c1-17(25-21(30)8-9-22(32)26(25)31)41-24-16-23(35-36-27(24)33)28(39)34-19-6-4-18(5-7-19)29(40)38-14-10-20(11-15-38)37-12-2-3-13-37/h4-9,16-17,20,35-36H,2-3,10-15,33H2,1H3,(H,34,39). The van der Waals surface area contributed by atoms with Crippen LogP contribution in [0.2, 0.25) is 10.0 Å². The van der Waals surface area contributed by atoms with Crippen LogP contribution in [-0.2, 0) is 9.53 Å². The van der Waals surface area contributed by atoms with Gasteiger partial charge < -0.3 is 25.6 Å². The summed E-state index contributed by atoms with van der Waals surface area (Å²) < 4.78 is 19.9. The Bertz CT molecular complexity index is 1370. The number of benzene rings is 2. The fourth-order valence-electron chi connectivity index (χ4n) is 5.44. The summed E-state index contributed by atoms with van der Waals surface area (Å²) in [6.07, 6.45) is 5.19. The van der Waals surface area contributed by atoms with E-state index in [0.717, 1.165) is 25.9 Å². The van der Waals surface area contributed by atoms with Crippen LogP contribution < -0.4 is 21.9 Å². The molecule has 0 spiro atoms. The molecule has 1 unspecified atom stereocenters. The highest BCUT2D eigenvalue weighted by Crippen LogP contribution is 2.35. The predicted molar refractivity (Wildman–Crippen MR) is 156 cm³/mol. The van der Waals surface area contributed by atoms with Gasteiger partial charge in [-0.15, -0.1) is 0 Å². The van der Waals surface area contributed by atoms with Crippen molar-refractivity contribution < 1.29 is 18.7 Å². The molecule has 1 atom stereocenters. The summed E-state index contributed by atoms with van der Waals surface area (Å²) in [7, 11) is 0. The van der Waals surface area contributed by atoms with Gasteiger partial charge in [0.05, 0.1) is 5.02 Å². The number of likely N-dealkylation sites (tertiary alicyclic amines) is 2. The lowest BCUT2D eigenvalue weighted by atomic mass is 10.0. The number of carbonyl (C=O) groups is 2. The number of rotatable bonds is 7. The number of anilines is 1. The third-order valence-corrected chi connectivity index (χ3v) is 8.42. The molecule has 2 fully saturated rings. The maximum atomic E-state index is 14.0. The van der Waals surface area contributed by atoms with Gasteiger partial charge in [-0.3, -0.25) is 20.4 Å². The van der Waals surface area contributed by atoms with Crippen LogP contribution in [0.1, 0.15) is 54.6 Å². The number of ether oxygens (including phenoxy) is 1. The van der Waals surface area contributed by atoms with Gasteiger partial charge in [0.15, 0.2) is 11.6 Å².